The van der Waals surface area contributed by atoms with Crippen LogP contribution in [-0.4, -0.2) is 15.9 Å². The first kappa shape index (κ1) is 21.2. The molecule has 0 radical (unpaired) electrons. The first-order valence-electron chi connectivity index (χ1n) is 11.6. The zero-order valence-corrected chi connectivity index (χ0v) is 18.5. The maximum Gasteiger partial charge on any atom is 0.225 e. The molecule has 4 rings (SSSR count). The third kappa shape index (κ3) is 4.50. The molecule has 3 aliphatic carbocycles. The van der Waals surface area contributed by atoms with Crippen molar-refractivity contribution in [1.29, 1.82) is 0 Å². The number of fused-ring (bicyclic) bond motifs is 3. The van der Waals surface area contributed by atoms with Gasteiger partial charge in [0.05, 0.1) is 17.1 Å². The Kier molecular flexibility index (Phi) is 6.08. The largest absolute Gasteiger partial charge is 0.309 e. The molecule has 30 heavy (non-hydrogen) atoms. The number of nitrogens with one attached hydrogen (secondary N) is 1. The second kappa shape index (κ2) is 8.60. The van der Waals surface area contributed by atoms with Crippen molar-refractivity contribution in [3.63, 3.8) is 0 Å². The Morgan fingerprint density at radius 2 is 2.03 bits per heavy atom. The normalized spacial score (nSPS) is 26.2. The van der Waals surface area contributed by atoms with Crippen molar-refractivity contribution in [2.24, 2.45) is 17.3 Å². The third-order valence-corrected chi connectivity index (χ3v) is 6.95. The highest BCUT2D eigenvalue weighted by Crippen LogP contribution is 2.49. The van der Waals surface area contributed by atoms with Crippen molar-refractivity contribution in [3.8, 4) is 0 Å². The highest BCUT2D eigenvalue weighted by atomic mass is 19.1. The lowest BCUT2D eigenvalue weighted by molar-refractivity contribution is -0.116. The van der Waals surface area contributed by atoms with Crippen molar-refractivity contribution in [1.82, 2.24) is 9.97 Å². The first-order valence-corrected chi connectivity index (χ1v) is 11.6. The van der Waals surface area contributed by atoms with Crippen LogP contribution in [0.2, 0.25) is 0 Å². The molecule has 5 heteroatoms. The number of amides is 1. The van der Waals surface area contributed by atoms with E-state index in [1.807, 2.05) is 19.9 Å². The number of allylic oxidation sites excluding steroid dienone is 4. The molecule has 1 heterocycles. The summed E-state index contributed by atoms with van der Waals surface area (Å²) in [5.74, 6) is 1.43. The van der Waals surface area contributed by atoms with Gasteiger partial charge in [0.1, 0.15) is 5.83 Å². The fourth-order valence-corrected chi connectivity index (χ4v) is 5.29. The lowest BCUT2D eigenvalue weighted by Crippen LogP contribution is -2.32. The molecule has 1 fully saturated rings. The van der Waals surface area contributed by atoms with E-state index in [4.69, 9.17) is 9.97 Å². The molecule has 4 nitrogen and oxygen atoms in total. The second-order valence-electron chi connectivity index (χ2n) is 10.1. The van der Waals surface area contributed by atoms with Gasteiger partial charge in [-0.2, -0.15) is 0 Å². The van der Waals surface area contributed by atoms with Gasteiger partial charge in [-0.1, -0.05) is 59.0 Å². The number of carbonyl (C=O) groups excluding carboxylic acids is 1. The predicted molar refractivity (Wildman–Crippen MR) is 118 cm³/mol. The summed E-state index contributed by atoms with van der Waals surface area (Å²) in [7, 11) is 0. The van der Waals surface area contributed by atoms with E-state index in [9.17, 15) is 9.18 Å². The summed E-state index contributed by atoms with van der Waals surface area (Å²) >= 11 is 0. The summed E-state index contributed by atoms with van der Waals surface area (Å²) in [5, 5.41) is 3.07. The van der Waals surface area contributed by atoms with Crippen LogP contribution in [0.25, 0.3) is 0 Å². The summed E-state index contributed by atoms with van der Waals surface area (Å²) in [6.45, 7) is 6.21. The SMILES string of the molecule is CC(C)CC(=O)Nc1nc2c(nc1CC1CCCCC1)C1C=CC(F)=CC1(C)CC2. The molecular weight excluding hydrogens is 377 g/mol. The minimum absolute atomic E-state index is 0.00681. The van der Waals surface area contributed by atoms with Crippen LogP contribution in [0.1, 0.15) is 88.7 Å². The van der Waals surface area contributed by atoms with E-state index >= 15 is 0 Å². The number of carbonyl (C=O) groups is 1. The summed E-state index contributed by atoms with van der Waals surface area (Å²) < 4.78 is 14.0. The van der Waals surface area contributed by atoms with Crippen LogP contribution in [-0.2, 0) is 17.6 Å². The van der Waals surface area contributed by atoms with E-state index in [1.165, 1.54) is 32.1 Å². The van der Waals surface area contributed by atoms with E-state index in [-0.39, 0.29) is 23.1 Å². The molecule has 1 saturated carbocycles. The molecule has 3 aliphatic rings. The number of hydrogen-bond acceptors (Lipinski definition) is 3. The molecule has 0 bridgehead atoms. The zero-order chi connectivity index (χ0) is 21.3. The number of aromatic nitrogens is 2. The number of rotatable bonds is 5. The van der Waals surface area contributed by atoms with Crippen LogP contribution in [0.5, 0.6) is 0 Å². The van der Waals surface area contributed by atoms with Gasteiger partial charge in [-0.05, 0) is 43.3 Å². The Morgan fingerprint density at radius 3 is 2.77 bits per heavy atom. The molecule has 0 saturated heterocycles. The van der Waals surface area contributed by atoms with Crippen molar-refractivity contribution < 1.29 is 9.18 Å². The molecule has 1 aromatic heterocycles. The van der Waals surface area contributed by atoms with Crippen LogP contribution in [0.15, 0.2) is 24.1 Å². The van der Waals surface area contributed by atoms with E-state index in [0.717, 1.165) is 36.3 Å². The van der Waals surface area contributed by atoms with Crippen LogP contribution >= 0.6 is 0 Å². The average molecular weight is 412 g/mol. The van der Waals surface area contributed by atoms with Crippen LogP contribution in [0.3, 0.4) is 0 Å². The summed E-state index contributed by atoms with van der Waals surface area (Å²) in [4.78, 5) is 22.5. The molecule has 1 amide bonds. The summed E-state index contributed by atoms with van der Waals surface area (Å²) in [5.41, 5.74) is 2.57. The van der Waals surface area contributed by atoms with Gasteiger partial charge >= 0.3 is 0 Å². The molecule has 1 N–H and O–H groups in total. The molecular formula is C25H34FN3O. The molecule has 0 aromatic carbocycles. The zero-order valence-electron chi connectivity index (χ0n) is 18.5. The van der Waals surface area contributed by atoms with Crippen molar-refractivity contribution in [3.05, 3.63) is 41.1 Å². The van der Waals surface area contributed by atoms with E-state index in [0.29, 0.717) is 24.1 Å². The highest BCUT2D eigenvalue weighted by Gasteiger charge is 2.41. The highest BCUT2D eigenvalue weighted by molar-refractivity contribution is 5.90. The third-order valence-electron chi connectivity index (χ3n) is 6.95. The first-order chi connectivity index (χ1) is 14.3. The van der Waals surface area contributed by atoms with Crippen molar-refractivity contribution in [2.75, 3.05) is 5.32 Å². The minimum Gasteiger partial charge on any atom is -0.309 e. The van der Waals surface area contributed by atoms with Gasteiger partial charge in [-0.15, -0.1) is 0 Å². The van der Waals surface area contributed by atoms with Gasteiger partial charge in [0.15, 0.2) is 5.82 Å². The molecule has 1 aromatic rings. The lowest BCUT2D eigenvalue weighted by atomic mass is 9.66. The standard InChI is InChI=1S/C25H34FN3O/c1-16(2)13-22(30)29-24-21(14-17-7-5-4-6-8-17)27-23-19-10-9-18(26)15-25(19,3)12-11-20(23)28-24/h9-10,15-17,19H,4-8,11-14H2,1-3H3,(H,28,29,30). The second-order valence-corrected chi connectivity index (χ2v) is 10.1. The van der Waals surface area contributed by atoms with Crippen LogP contribution in [0.4, 0.5) is 10.2 Å². The fourth-order valence-electron chi connectivity index (χ4n) is 5.29. The average Bonchev–Trinajstić information content (AvgIpc) is 2.68. The van der Waals surface area contributed by atoms with Gasteiger partial charge in [0.2, 0.25) is 5.91 Å². The summed E-state index contributed by atoms with van der Waals surface area (Å²) in [6, 6.07) is 0. The van der Waals surface area contributed by atoms with Crippen LogP contribution in [0, 0.1) is 17.3 Å². The molecule has 0 spiro atoms. The number of nitrogens with zero attached hydrogens (tertiary/aromatic N) is 2. The van der Waals surface area contributed by atoms with Gasteiger partial charge in [0, 0.05) is 17.8 Å². The monoisotopic (exact) mass is 411 g/mol. The maximum atomic E-state index is 14.0. The number of halogens is 1. The lowest BCUT2D eigenvalue weighted by Gasteiger charge is -2.40. The Hall–Kier alpha value is -2.04. The molecule has 2 unspecified atom stereocenters. The van der Waals surface area contributed by atoms with Gasteiger partial charge in [-0.25, -0.2) is 9.37 Å². The maximum absolute atomic E-state index is 14.0. The van der Waals surface area contributed by atoms with E-state index < -0.39 is 0 Å². The minimum atomic E-state index is -0.259. The Morgan fingerprint density at radius 1 is 1.27 bits per heavy atom. The summed E-state index contributed by atoms with van der Waals surface area (Å²) in [6.07, 6.45) is 14.5. The van der Waals surface area contributed by atoms with E-state index in [2.05, 4.69) is 12.2 Å². The molecule has 162 valence electrons. The van der Waals surface area contributed by atoms with Gasteiger partial charge < -0.3 is 5.32 Å². The molecule has 0 aliphatic heterocycles. The number of anilines is 1. The number of hydrogen-bond donors (Lipinski definition) is 1. The van der Waals surface area contributed by atoms with E-state index in [1.54, 1.807) is 12.2 Å². The van der Waals surface area contributed by atoms with Gasteiger partial charge in [-0.3, -0.25) is 9.78 Å². The van der Waals surface area contributed by atoms with Gasteiger partial charge in [0.25, 0.3) is 0 Å². The quantitative estimate of drug-likeness (QED) is 0.642. The van der Waals surface area contributed by atoms with Crippen molar-refractivity contribution in [2.45, 2.75) is 84.5 Å². The topological polar surface area (TPSA) is 54.9 Å². The number of aryl methyl sites for hydroxylation is 1. The Labute approximate surface area is 179 Å². The van der Waals surface area contributed by atoms with Crippen molar-refractivity contribution >= 4 is 11.7 Å². The Bertz CT molecular complexity index is 869. The van der Waals surface area contributed by atoms with Crippen LogP contribution < -0.4 is 5.32 Å². The molecule has 2 atom stereocenters. The predicted octanol–water partition coefficient (Wildman–Crippen LogP) is 6.04. The fraction of sp³-hybridized carbons (Fsp3) is 0.640. The smallest absolute Gasteiger partial charge is 0.225 e. The Balaban J connectivity index is 1.68.